The van der Waals surface area contributed by atoms with E-state index in [9.17, 15) is 15.3 Å². The van der Waals surface area contributed by atoms with E-state index < -0.39 is 31.1 Å². The van der Waals surface area contributed by atoms with Crippen molar-refractivity contribution in [2.75, 3.05) is 25.2 Å². The summed E-state index contributed by atoms with van der Waals surface area (Å²) in [6.07, 6.45) is -0.748. The van der Waals surface area contributed by atoms with Gasteiger partial charge in [-0.2, -0.15) is 5.01 Å². The van der Waals surface area contributed by atoms with E-state index in [0.29, 0.717) is 29.4 Å². The lowest BCUT2D eigenvalue weighted by molar-refractivity contribution is -0.0511. The molecule has 0 radical (unpaired) electrons. The SMILES string of the molecule is CCOC1CCCN1Nc1nc(C)nc2c1ncn2[C@@H]1O[C@H](CO)C(O)C1O. The topological polar surface area (TPSA) is 138 Å². The number of aromatic nitrogens is 4. The average Bonchev–Trinajstić information content (AvgIpc) is 3.35. The zero-order chi connectivity index (χ0) is 19.8. The van der Waals surface area contributed by atoms with Crippen LogP contribution in [0.15, 0.2) is 6.33 Å². The Morgan fingerprint density at radius 2 is 2.14 bits per heavy atom. The van der Waals surface area contributed by atoms with Gasteiger partial charge in [-0.15, -0.1) is 0 Å². The molecule has 11 nitrogen and oxygen atoms in total. The van der Waals surface area contributed by atoms with Crippen molar-refractivity contribution in [3.63, 3.8) is 0 Å². The molecule has 28 heavy (non-hydrogen) atoms. The highest BCUT2D eigenvalue weighted by molar-refractivity contribution is 5.82. The van der Waals surface area contributed by atoms with Crippen LogP contribution in [0.25, 0.3) is 11.2 Å². The van der Waals surface area contributed by atoms with E-state index in [1.54, 1.807) is 11.5 Å². The summed E-state index contributed by atoms with van der Waals surface area (Å²) in [6.45, 7) is 4.79. The molecule has 5 atom stereocenters. The summed E-state index contributed by atoms with van der Waals surface area (Å²) >= 11 is 0. The molecule has 2 aromatic rings. The van der Waals surface area contributed by atoms with Crippen LogP contribution in [-0.4, -0.2) is 84.1 Å². The fourth-order valence-electron chi connectivity index (χ4n) is 3.77. The number of nitrogens with zero attached hydrogens (tertiary/aromatic N) is 5. The molecule has 0 aliphatic carbocycles. The minimum absolute atomic E-state index is 0.0298. The maximum absolute atomic E-state index is 10.3. The van der Waals surface area contributed by atoms with E-state index in [2.05, 4.69) is 20.4 Å². The summed E-state index contributed by atoms with van der Waals surface area (Å²) in [5.41, 5.74) is 4.28. The van der Waals surface area contributed by atoms with Crippen molar-refractivity contribution < 1.29 is 24.8 Å². The summed E-state index contributed by atoms with van der Waals surface area (Å²) < 4.78 is 12.9. The summed E-state index contributed by atoms with van der Waals surface area (Å²) in [7, 11) is 0. The van der Waals surface area contributed by atoms with Crippen LogP contribution in [0.5, 0.6) is 0 Å². The van der Waals surface area contributed by atoms with Gasteiger partial charge in [0.1, 0.15) is 30.4 Å². The number of hydrogen-bond donors (Lipinski definition) is 4. The van der Waals surface area contributed by atoms with Gasteiger partial charge in [-0.05, 0) is 26.7 Å². The van der Waals surface area contributed by atoms with Crippen molar-refractivity contribution in [1.82, 2.24) is 24.5 Å². The number of nitrogens with one attached hydrogen (secondary N) is 1. The number of rotatable bonds is 6. The predicted molar refractivity (Wildman–Crippen MR) is 98.0 cm³/mol. The Hall–Kier alpha value is -1.89. The molecule has 4 N–H and O–H groups in total. The van der Waals surface area contributed by atoms with Crippen LogP contribution in [0.4, 0.5) is 5.82 Å². The van der Waals surface area contributed by atoms with Gasteiger partial charge in [0, 0.05) is 13.2 Å². The van der Waals surface area contributed by atoms with Gasteiger partial charge in [0.05, 0.1) is 12.9 Å². The molecular weight excluding hydrogens is 368 g/mol. The Morgan fingerprint density at radius 1 is 1.32 bits per heavy atom. The van der Waals surface area contributed by atoms with E-state index in [1.807, 2.05) is 11.9 Å². The third-order valence-electron chi connectivity index (χ3n) is 5.13. The third kappa shape index (κ3) is 3.34. The van der Waals surface area contributed by atoms with E-state index in [1.165, 1.54) is 6.33 Å². The highest BCUT2D eigenvalue weighted by atomic mass is 16.6. The molecule has 2 saturated heterocycles. The number of imidazole rings is 1. The number of aliphatic hydroxyl groups excluding tert-OH is 3. The van der Waals surface area contributed by atoms with Crippen molar-refractivity contribution >= 4 is 17.0 Å². The first-order valence-electron chi connectivity index (χ1n) is 9.52. The molecule has 2 aromatic heterocycles. The van der Waals surface area contributed by atoms with Crippen molar-refractivity contribution in [1.29, 1.82) is 0 Å². The van der Waals surface area contributed by atoms with Crippen LogP contribution in [0.3, 0.4) is 0 Å². The molecular formula is C17H26N6O5. The highest BCUT2D eigenvalue weighted by Gasteiger charge is 2.44. The molecule has 3 unspecified atom stereocenters. The fraction of sp³-hybridized carbons (Fsp3) is 0.706. The normalized spacial score (nSPS) is 31.1. The minimum atomic E-state index is -1.21. The van der Waals surface area contributed by atoms with Crippen molar-refractivity contribution in [3.8, 4) is 0 Å². The molecule has 2 aliphatic heterocycles. The molecule has 2 aliphatic rings. The Labute approximate surface area is 161 Å². The van der Waals surface area contributed by atoms with Crippen LogP contribution in [0.1, 0.15) is 31.8 Å². The number of aryl methyl sites for hydroxylation is 1. The number of aliphatic hydroxyl groups is 3. The molecule has 0 amide bonds. The van der Waals surface area contributed by atoms with Crippen LogP contribution in [-0.2, 0) is 9.47 Å². The number of ether oxygens (including phenoxy) is 2. The lowest BCUT2D eigenvalue weighted by Gasteiger charge is -2.25. The van der Waals surface area contributed by atoms with E-state index in [-0.39, 0.29) is 6.23 Å². The van der Waals surface area contributed by atoms with Gasteiger partial charge in [0.25, 0.3) is 0 Å². The first kappa shape index (κ1) is 19.4. The molecule has 0 bridgehead atoms. The molecule has 0 saturated carbocycles. The van der Waals surface area contributed by atoms with Crippen LogP contribution >= 0.6 is 0 Å². The molecule has 4 rings (SSSR count). The van der Waals surface area contributed by atoms with Gasteiger partial charge in [-0.25, -0.2) is 15.0 Å². The minimum Gasteiger partial charge on any atom is -0.394 e. The van der Waals surface area contributed by atoms with E-state index >= 15 is 0 Å². The van der Waals surface area contributed by atoms with Crippen molar-refractivity contribution in [2.24, 2.45) is 0 Å². The van der Waals surface area contributed by atoms with Crippen LogP contribution in [0.2, 0.25) is 0 Å². The van der Waals surface area contributed by atoms with Gasteiger partial charge in [0.2, 0.25) is 0 Å². The molecule has 2 fully saturated rings. The lowest BCUT2D eigenvalue weighted by atomic mass is 10.1. The smallest absolute Gasteiger partial charge is 0.172 e. The maximum Gasteiger partial charge on any atom is 0.172 e. The molecule has 154 valence electrons. The molecule has 0 spiro atoms. The number of hydrogen-bond acceptors (Lipinski definition) is 10. The van der Waals surface area contributed by atoms with Crippen molar-refractivity contribution in [2.45, 2.75) is 57.5 Å². The van der Waals surface area contributed by atoms with E-state index in [4.69, 9.17) is 9.47 Å². The number of fused-ring (bicyclic) bond motifs is 1. The molecule has 11 heteroatoms. The quantitative estimate of drug-likeness (QED) is 0.509. The third-order valence-corrected chi connectivity index (χ3v) is 5.13. The van der Waals surface area contributed by atoms with Gasteiger partial charge >= 0.3 is 0 Å². The average molecular weight is 394 g/mol. The van der Waals surface area contributed by atoms with Gasteiger partial charge < -0.3 is 24.8 Å². The zero-order valence-corrected chi connectivity index (χ0v) is 15.9. The monoisotopic (exact) mass is 394 g/mol. The second-order valence-electron chi connectivity index (χ2n) is 7.03. The first-order valence-corrected chi connectivity index (χ1v) is 9.52. The Bertz CT molecular complexity index is 832. The van der Waals surface area contributed by atoms with Gasteiger partial charge in [0.15, 0.2) is 23.2 Å². The van der Waals surface area contributed by atoms with Gasteiger partial charge in [-0.3, -0.25) is 9.99 Å². The highest BCUT2D eigenvalue weighted by Crippen LogP contribution is 2.32. The summed E-state index contributed by atoms with van der Waals surface area (Å²) in [4.78, 5) is 13.3. The first-order chi connectivity index (χ1) is 13.5. The van der Waals surface area contributed by atoms with E-state index in [0.717, 1.165) is 19.4 Å². The zero-order valence-electron chi connectivity index (χ0n) is 15.9. The maximum atomic E-state index is 10.3. The Balaban J connectivity index is 1.66. The Kier molecular flexibility index (Phi) is 5.45. The number of hydrazine groups is 1. The summed E-state index contributed by atoms with van der Waals surface area (Å²) in [5, 5.41) is 31.7. The van der Waals surface area contributed by atoms with Crippen molar-refractivity contribution in [3.05, 3.63) is 12.2 Å². The Morgan fingerprint density at radius 3 is 2.86 bits per heavy atom. The number of anilines is 1. The summed E-state index contributed by atoms with van der Waals surface area (Å²) in [5.74, 6) is 1.07. The second kappa shape index (κ2) is 7.85. The summed E-state index contributed by atoms with van der Waals surface area (Å²) in [6, 6.07) is 0. The molecule has 0 aromatic carbocycles. The fourth-order valence-corrected chi connectivity index (χ4v) is 3.77. The second-order valence-corrected chi connectivity index (χ2v) is 7.03. The van der Waals surface area contributed by atoms with Crippen LogP contribution < -0.4 is 5.43 Å². The van der Waals surface area contributed by atoms with Crippen LogP contribution in [0, 0.1) is 6.92 Å². The standard InChI is InChI=1S/C17H26N6O5/c1-3-27-11-5-4-6-23(11)21-15-12-16(20-9(2)19-15)22(8-18-12)17-14(26)13(25)10(7-24)28-17/h8,10-11,13-14,17,24-26H,3-7H2,1-2H3,(H,19,20,21)/t10-,11?,13?,14?,17-/m1/s1. The van der Waals surface area contributed by atoms with Gasteiger partial charge in [-0.1, -0.05) is 0 Å². The predicted octanol–water partition coefficient (Wildman–Crippen LogP) is -0.468. The lowest BCUT2D eigenvalue weighted by Crippen LogP contribution is -2.37. The largest absolute Gasteiger partial charge is 0.394 e. The molecule has 4 heterocycles.